The molecule has 166 valence electrons. The molecule has 7 heteroatoms. The van der Waals surface area contributed by atoms with Crippen molar-refractivity contribution in [3.8, 4) is 5.75 Å². The quantitative estimate of drug-likeness (QED) is 0.153. The topological polar surface area (TPSA) is 46.6 Å². The molecule has 33 heavy (non-hydrogen) atoms. The normalized spacial score (nSPS) is 14.7. The second-order valence-corrected chi connectivity index (χ2v) is 10.3. The zero-order valence-electron chi connectivity index (χ0n) is 17.5. The Kier molecular flexibility index (Phi) is 7.72. The smallest absolute Gasteiger partial charge is 0.298 e. The molecule has 0 radical (unpaired) electrons. The fraction of sp³-hybridized carbons (Fsp3) is 0.0769. The first-order valence-electron chi connectivity index (χ1n) is 10.1. The Hall–Kier alpha value is -2.36. The van der Waals surface area contributed by atoms with Crippen LogP contribution in [0.4, 0.5) is 10.5 Å². The summed E-state index contributed by atoms with van der Waals surface area (Å²) in [6, 6.07) is 21.0. The average molecular weight is 632 g/mol. The van der Waals surface area contributed by atoms with Crippen LogP contribution in [-0.2, 0) is 17.8 Å². The second-order valence-electron chi connectivity index (χ2n) is 7.25. The molecule has 1 aliphatic rings. The molecule has 0 saturated carbocycles. The number of amides is 2. The van der Waals surface area contributed by atoms with E-state index in [-0.39, 0.29) is 11.1 Å². The number of anilines is 1. The minimum Gasteiger partial charge on any atom is -0.487 e. The van der Waals surface area contributed by atoms with E-state index in [1.807, 2.05) is 48.5 Å². The van der Waals surface area contributed by atoms with E-state index in [1.165, 1.54) is 8.47 Å². The van der Waals surface area contributed by atoms with Gasteiger partial charge in [-0.1, -0.05) is 36.4 Å². The molecule has 0 aromatic heterocycles. The number of ether oxygens (including phenoxy) is 1. The van der Waals surface area contributed by atoms with E-state index in [2.05, 4.69) is 45.1 Å². The molecule has 3 aromatic rings. The number of para-hydroxylation sites is 1. The van der Waals surface area contributed by atoms with Gasteiger partial charge in [0, 0.05) is 3.57 Å². The Morgan fingerprint density at radius 1 is 1.06 bits per heavy atom. The molecule has 0 atom stereocenters. The number of halogens is 2. The standard InChI is InChI=1S/C26H19BrINO3S/c1-2-6-19-13-18(14-22(27)24(19)32-16-17-9-11-20(28)12-10-17)15-23-25(30)29(26(31)33-23)21-7-4-3-5-8-21/h2-5,7-15H,1,6,16H2/b23-15-. The highest BCUT2D eigenvalue weighted by atomic mass is 127. The van der Waals surface area contributed by atoms with Gasteiger partial charge < -0.3 is 4.74 Å². The molecule has 1 fully saturated rings. The van der Waals surface area contributed by atoms with Gasteiger partial charge in [0.15, 0.2) is 0 Å². The van der Waals surface area contributed by atoms with Gasteiger partial charge in [-0.05, 0) is 116 Å². The van der Waals surface area contributed by atoms with Crippen LogP contribution >= 0.6 is 50.3 Å². The number of benzene rings is 3. The van der Waals surface area contributed by atoms with Crippen LogP contribution in [0.15, 0.2) is 88.8 Å². The predicted octanol–water partition coefficient (Wildman–Crippen LogP) is 7.60. The van der Waals surface area contributed by atoms with Gasteiger partial charge in [-0.3, -0.25) is 9.59 Å². The van der Waals surface area contributed by atoms with Crippen LogP contribution in [0.3, 0.4) is 0 Å². The Balaban J connectivity index is 1.60. The maximum Gasteiger partial charge on any atom is 0.298 e. The first kappa shape index (κ1) is 23.8. The van der Waals surface area contributed by atoms with Crippen LogP contribution in [0.1, 0.15) is 16.7 Å². The molecule has 4 rings (SSSR count). The van der Waals surface area contributed by atoms with E-state index >= 15 is 0 Å². The number of rotatable bonds is 7. The van der Waals surface area contributed by atoms with E-state index in [1.54, 1.807) is 30.3 Å². The number of hydrogen-bond acceptors (Lipinski definition) is 4. The third kappa shape index (κ3) is 5.59. The summed E-state index contributed by atoms with van der Waals surface area (Å²) in [6.45, 7) is 4.30. The Morgan fingerprint density at radius 3 is 2.48 bits per heavy atom. The maximum atomic E-state index is 12.9. The SMILES string of the molecule is C=CCc1cc(/C=C2\SC(=O)N(c3ccccc3)C2=O)cc(Br)c1OCc1ccc(I)cc1. The van der Waals surface area contributed by atoms with Gasteiger partial charge in [0.2, 0.25) is 0 Å². The van der Waals surface area contributed by atoms with Crippen LogP contribution < -0.4 is 9.64 Å². The summed E-state index contributed by atoms with van der Waals surface area (Å²) < 4.78 is 8.08. The van der Waals surface area contributed by atoms with Crippen molar-refractivity contribution in [3.05, 3.63) is 109 Å². The largest absolute Gasteiger partial charge is 0.487 e. The summed E-state index contributed by atoms with van der Waals surface area (Å²) in [4.78, 5) is 27.0. The van der Waals surface area contributed by atoms with E-state index < -0.39 is 0 Å². The number of nitrogens with zero attached hydrogens (tertiary/aromatic N) is 1. The summed E-state index contributed by atoms with van der Waals surface area (Å²) in [5, 5.41) is -0.305. The third-order valence-corrected chi connectivity index (χ3v) is 7.09. The summed E-state index contributed by atoms with van der Waals surface area (Å²) in [6.07, 6.45) is 4.16. The maximum absolute atomic E-state index is 12.9. The van der Waals surface area contributed by atoms with Gasteiger partial charge in [0.05, 0.1) is 15.1 Å². The van der Waals surface area contributed by atoms with Crippen LogP contribution in [0.25, 0.3) is 6.08 Å². The molecule has 0 unspecified atom stereocenters. The van der Waals surface area contributed by atoms with Crippen LogP contribution in [0.5, 0.6) is 5.75 Å². The van der Waals surface area contributed by atoms with Gasteiger partial charge in [0.25, 0.3) is 11.1 Å². The molecule has 4 nitrogen and oxygen atoms in total. The highest BCUT2D eigenvalue weighted by molar-refractivity contribution is 14.1. The lowest BCUT2D eigenvalue weighted by Gasteiger charge is -2.14. The highest BCUT2D eigenvalue weighted by Gasteiger charge is 2.36. The lowest BCUT2D eigenvalue weighted by molar-refractivity contribution is -0.113. The Labute approximate surface area is 219 Å². The highest BCUT2D eigenvalue weighted by Crippen LogP contribution is 2.38. The van der Waals surface area contributed by atoms with Gasteiger partial charge in [-0.25, -0.2) is 4.90 Å². The molecule has 0 N–H and O–H groups in total. The molecule has 0 bridgehead atoms. The van der Waals surface area contributed by atoms with Crippen LogP contribution in [0, 0.1) is 3.57 Å². The molecule has 3 aromatic carbocycles. The van der Waals surface area contributed by atoms with E-state index in [0.717, 1.165) is 38.7 Å². The number of thioether (sulfide) groups is 1. The zero-order chi connectivity index (χ0) is 23.4. The van der Waals surface area contributed by atoms with E-state index in [0.29, 0.717) is 23.6 Å². The first-order chi connectivity index (χ1) is 16.0. The lowest BCUT2D eigenvalue weighted by Crippen LogP contribution is -2.27. The third-order valence-electron chi connectivity index (χ3n) is 4.91. The monoisotopic (exact) mass is 631 g/mol. The molecular weight excluding hydrogens is 613 g/mol. The predicted molar refractivity (Wildman–Crippen MR) is 146 cm³/mol. The van der Waals surface area contributed by atoms with Crippen molar-refractivity contribution in [3.63, 3.8) is 0 Å². The van der Waals surface area contributed by atoms with Crippen molar-refractivity contribution in [1.29, 1.82) is 0 Å². The van der Waals surface area contributed by atoms with Crippen molar-refractivity contribution in [2.45, 2.75) is 13.0 Å². The summed E-state index contributed by atoms with van der Waals surface area (Å²) in [7, 11) is 0. The minimum atomic E-state index is -0.323. The molecule has 0 aliphatic carbocycles. The second kappa shape index (κ2) is 10.7. The molecule has 0 spiro atoms. The Morgan fingerprint density at radius 2 is 1.79 bits per heavy atom. The van der Waals surface area contributed by atoms with Gasteiger partial charge in [0.1, 0.15) is 12.4 Å². The van der Waals surface area contributed by atoms with Crippen molar-refractivity contribution in [1.82, 2.24) is 0 Å². The Bertz CT molecular complexity index is 1240. The fourth-order valence-corrected chi connectivity index (χ4v) is 5.22. The summed E-state index contributed by atoms with van der Waals surface area (Å²) >= 11 is 6.83. The van der Waals surface area contributed by atoms with Gasteiger partial charge in [-0.15, -0.1) is 6.58 Å². The molecule has 1 saturated heterocycles. The lowest BCUT2D eigenvalue weighted by atomic mass is 10.1. The van der Waals surface area contributed by atoms with Crippen molar-refractivity contribution < 1.29 is 14.3 Å². The number of hydrogen-bond donors (Lipinski definition) is 0. The van der Waals surface area contributed by atoms with E-state index in [4.69, 9.17) is 4.74 Å². The van der Waals surface area contributed by atoms with Crippen LogP contribution in [0.2, 0.25) is 0 Å². The first-order valence-corrected chi connectivity index (χ1v) is 12.8. The number of carbonyl (C=O) groups excluding carboxylic acids is 2. The molecule has 2 amide bonds. The van der Waals surface area contributed by atoms with E-state index in [9.17, 15) is 9.59 Å². The van der Waals surface area contributed by atoms with Gasteiger partial charge >= 0.3 is 0 Å². The number of allylic oxidation sites excluding steroid dienone is 1. The van der Waals surface area contributed by atoms with Crippen molar-refractivity contribution in [2.75, 3.05) is 4.90 Å². The van der Waals surface area contributed by atoms with Crippen molar-refractivity contribution >= 4 is 73.2 Å². The number of imide groups is 1. The number of carbonyl (C=O) groups is 2. The molecular formula is C26H19BrINO3S. The van der Waals surface area contributed by atoms with Crippen LogP contribution in [-0.4, -0.2) is 11.1 Å². The van der Waals surface area contributed by atoms with Crippen molar-refractivity contribution in [2.24, 2.45) is 0 Å². The molecule has 1 aliphatic heterocycles. The average Bonchev–Trinajstić information content (AvgIpc) is 3.08. The van der Waals surface area contributed by atoms with Gasteiger partial charge in [-0.2, -0.15) is 0 Å². The fourth-order valence-electron chi connectivity index (χ4n) is 3.38. The zero-order valence-corrected chi connectivity index (χ0v) is 22.0. The molecule has 1 heterocycles. The minimum absolute atomic E-state index is 0.305. The summed E-state index contributed by atoms with van der Waals surface area (Å²) in [5.74, 6) is 0.416. The summed E-state index contributed by atoms with van der Waals surface area (Å²) in [5.41, 5.74) is 3.39.